The summed E-state index contributed by atoms with van der Waals surface area (Å²) in [5, 5.41) is 0. The highest BCUT2D eigenvalue weighted by Gasteiger charge is 2.14. The van der Waals surface area contributed by atoms with Gasteiger partial charge in [-0.1, -0.05) is 18.2 Å². The zero-order valence-corrected chi connectivity index (χ0v) is 10.7. The summed E-state index contributed by atoms with van der Waals surface area (Å²) in [6.45, 7) is 0. The van der Waals surface area contributed by atoms with E-state index in [2.05, 4.69) is 27.6 Å². The van der Waals surface area contributed by atoms with E-state index in [9.17, 15) is 0 Å². The minimum atomic E-state index is 0.979. The Kier molecular flexibility index (Phi) is 2.37. The summed E-state index contributed by atoms with van der Waals surface area (Å²) in [6, 6.07) is 8.25. The summed E-state index contributed by atoms with van der Waals surface area (Å²) in [6.07, 6.45) is 11.0. The highest BCUT2D eigenvalue weighted by Crippen LogP contribution is 2.29. The number of nitrogens with zero attached hydrogens (tertiary/aromatic N) is 3. The van der Waals surface area contributed by atoms with Crippen LogP contribution in [-0.4, -0.2) is 14.4 Å². The van der Waals surface area contributed by atoms with Gasteiger partial charge in [0, 0.05) is 12.4 Å². The molecule has 1 aromatic carbocycles. The molecule has 0 unspecified atom stereocenters. The van der Waals surface area contributed by atoms with Gasteiger partial charge in [0.2, 0.25) is 0 Å². The van der Waals surface area contributed by atoms with E-state index < -0.39 is 0 Å². The van der Waals surface area contributed by atoms with Crippen molar-refractivity contribution in [3.63, 3.8) is 0 Å². The van der Waals surface area contributed by atoms with E-state index in [0.717, 1.165) is 35.2 Å². The summed E-state index contributed by atoms with van der Waals surface area (Å²) in [7, 11) is 0. The Balaban J connectivity index is 2.07. The number of benzene rings is 1. The number of rotatable bonds is 1. The first-order chi connectivity index (χ1) is 9.43. The molecule has 1 aliphatic carbocycles. The van der Waals surface area contributed by atoms with Crippen molar-refractivity contribution < 1.29 is 0 Å². The predicted molar refractivity (Wildman–Crippen MR) is 76.9 cm³/mol. The maximum Gasteiger partial charge on any atom is 0.163 e. The van der Waals surface area contributed by atoms with E-state index >= 15 is 0 Å². The molecule has 0 N–H and O–H groups in total. The van der Waals surface area contributed by atoms with Crippen molar-refractivity contribution in [1.29, 1.82) is 0 Å². The maximum atomic E-state index is 4.85. The van der Waals surface area contributed by atoms with Crippen LogP contribution < -0.4 is 0 Å². The Labute approximate surface area is 111 Å². The van der Waals surface area contributed by atoms with Crippen LogP contribution >= 0.6 is 0 Å². The van der Waals surface area contributed by atoms with Crippen molar-refractivity contribution in [2.75, 3.05) is 0 Å². The van der Waals surface area contributed by atoms with Gasteiger partial charge >= 0.3 is 0 Å². The maximum absolute atomic E-state index is 4.85. The Morgan fingerprint density at radius 3 is 2.95 bits per heavy atom. The minimum Gasteiger partial charge on any atom is -0.296 e. The smallest absolute Gasteiger partial charge is 0.163 e. The molecule has 0 radical (unpaired) electrons. The van der Waals surface area contributed by atoms with Crippen molar-refractivity contribution in [2.24, 2.45) is 0 Å². The van der Waals surface area contributed by atoms with E-state index in [-0.39, 0.29) is 0 Å². The molecule has 3 heteroatoms. The third-order valence-corrected chi connectivity index (χ3v) is 3.82. The van der Waals surface area contributed by atoms with E-state index in [0.29, 0.717) is 0 Å². The minimum absolute atomic E-state index is 0.979. The summed E-state index contributed by atoms with van der Waals surface area (Å²) in [5.74, 6) is 0. The first-order valence-electron chi connectivity index (χ1n) is 6.85. The summed E-state index contributed by atoms with van der Waals surface area (Å²) < 4.78 is 2.15. The van der Waals surface area contributed by atoms with Crippen LogP contribution in [0.5, 0.6) is 0 Å². The van der Waals surface area contributed by atoms with Gasteiger partial charge in [-0.25, -0.2) is 9.97 Å². The van der Waals surface area contributed by atoms with Crippen molar-refractivity contribution in [3.05, 3.63) is 48.4 Å². The van der Waals surface area contributed by atoms with E-state index in [1.807, 2.05) is 24.5 Å². The van der Waals surface area contributed by atoms with Crippen LogP contribution in [0.15, 0.2) is 42.7 Å². The zero-order chi connectivity index (χ0) is 12.7. The lowest BCUT2D eigenvalue weighted by atomic mass is 9.97. The predicted octanol–water partition coefficient (Wildman–Crippen LogP) is 3.84. The number of fused-ring (bicyclic) bond motifs is 3. The van der Waals surface area contributed by atoms with E-state index in [1.54, 1.807) is 0 Å². The van der Waals surface area contributed by atoms with Gasteiger partial charge in [0.15, 0.2) is 5.65 Å². The van der Waals surface area contributed by atoms with Crippen molar-refractivity contribution in [3.8, 4) is 0 Å². The number of hydrogen-bond donors (Lipinski definition) is 0. The molecule has 19 heavy (non-hydrogen) atoms. The van der Waals surface area contributed by atoms with Crippen LogP contribution in [0, 0.1) is 0 Å². The fourth-order valence-corrected chi connectivity index (χ4v) is 2.87. The van der Waals surface area contributed by atoms with E-state index in [1.165, 1.54) is 18.4 Å². The molecule has 2 heterocycles. The van der Waals surface area contributed by atoms with Gasteiger partial charge in [-0.3, -0.25) is 4.40 Å². The highest BCUT2D eigenvalue weighted by atomic mass is 15.0. The quantitative estimate of drug-likeness (QED) is 0.656. The number of aromatic nitrogens is 3. The summed E-state index contributed by atoms with van der Waals surface area (Å²) in [5.41, 5.74) is 5.55. The molecule has 2 aromatic heterocycles. The molecule has 94 valence electrons. The van der Waals surface area contributed by atoms with Crippen LogP contribution in [-0.2, 0) is 0 Å². The second-order valence-corrected chi connectivity index (χ2v) is 5.05. The number of allylic oxidation sites excluding steroid dienone is 2. The molecule has 0 saturated heterocycles. The molecule has 0 amide bonds. The molecule has 1 aliphatic rings. The molecular weight excluding hydrogens is 234 g/mol. The lowest BCUT2D eigenvalue weighted by Gasteiger charge is -2.14. The zero-order valence-electron chi connectivity index (χ0n) is 10.7. The number of imidazole rings is 1. The highest BCUT2D eigenvalue weighted by molar-refractivity contribution is 5.84. The average Bonchev–Trinajstić information content (AvgIpc) is 2.97. The Hall–Kier alpha value is -2.16. The van der Waals surface area contributed by atoms with Gasteiger partial charge in [0.25, 0.3) is 0 Å². The van der Waals surface area contributed by atoms with Gasteiger partial charge in [0.05, 0.1) is 11.0 Å². The van der Waals surface area contributed by atoms with Gasteiger partial charge in [-0.05, 0) is 43.4 Å². The van der Waals surface area contributed by atoms with Crippen molar-refractivity contribution in [2.45, 2.75) is 25.7 Å². The largest absolute Gasteiger partial charge is 0.296 e. The molecule has 0 fully saturated rings. The van der Waals surface area contributed by atoms with Crippen LogP contribution in [0.3, 0.4) is 0 Å². The topological polar surface area (TPSA) is 30.2 Å². The summed E-state index contributed by atoms with van der Waals surface area (Å²) >= 11 is 0. The Morgan fingerprint density at radius 1 is 1.11 bits per heavy atom. The average molecular weight is 249 g/mol. The van der Waals surface area contributed by atoms with Crippen molar-refractivity contribution >= 4 is 22.3 Å². The summed E-state index contributed by atoms with van der Waals surface area (Å²) in [4.78, 5) is 9.35. The van der Waals surface area contributed by atoms with E-state index in [4.69, 9.17) is 4.98 Å². The Bertz CT molecular complexity index is 783. The fourth-order valence-electron chi connectivity index (χ4n) is 2.87. The van der Waals surface area contributed by atoms with Crippen molar-refractivity contribution in [1.82, 2.24) is 14.4 Å². The molecule has 3 aromatic rings. The van der Waals surface area contributed by atoms with Crippen LogP contribution in [0.25, 0.3) is 22.3 Å². The second-order valence-electron chi connectivity index (χ2n) is 5.05. The molecule has 3 nitrogen and oxygen atoms in total. The van der Waals surface area contributed by atoms with Crippen LogP contribution in [0.4, 0.5) is 0 Å². The molecule has 0 spiro atoms. The monoisotopic (exact) mass is 249 g/mol. The van der Waals surface area contributed by atoms with Crippen LogP contribution in [0.1, 0.15) is 31.4 Å². The molecule has 0 saturated carbocycles. The first kappa shape index (κ1) is 10.7. The molecule has 0 atom stereocenters. The lowest BCUT2D eigenvalue weighted by Crippen LogP contribution is -2.00. The SMILES string of the molecule is C1=C(c2nc3ccccc3n3ccnc23)CCCC1. The van der Waals surface area contributed by atoms with Gasteiger partial charge in [0.1, 0.15) is 5.69 Å². The first-order valence-corrected chi connectivity index (χ1v) is 6.85. The number of para-hydroxylation sites is 2. The third-order valence-electron chi connectivity index (χ3n) is 3.82. The normalized spacial score (nSPS) is 15.9. The Morgan fingerprint density at radius 2 is 2.05 bits per heavy atom. The second kappa shape index (κ2) is 4.19. The molecule has 0 aliphatic heterocycles. The molecule has 0 bridgehead atoms. The van der Waals surface area contributed by atoms with Gasteiger partial charge < -0.3 is 0 Å². The number of hydrogen-bond acceptors (Lipinski definition) is 2. The van der Waals surface area contributed by atoms with Gasteiger partial charge in [-0.2, -0.15) is 0 Å². The van der Waals surface area contributed by atoms with Gasteiger partial charge in [-0.15, -0.1) is 0 Å². The van der Waals surface area contributed by atoms with Crippen LogP contribution in [0.2, 0.25) is 0 Å². The standard InChI is InChI=1S/C16H15N3/c1-2-6-12(7-3-1)15-16-17-10-11-19(16)14-9-5-4-8-13(14)18-15/h4-6,8-11H,1-3,7H2. The fraction of sp³-hybridized carbons (Fsp3) is 0.250. The molecular formula is C16H15N3. The lowest BCUT2D eigenvalue weighted by molar-refractivity contribution is 0.740. The third kappa shape index (κ3) is 1.65. The molecule has 4 rings (SSSR count).